The zero-order chi connectivity index (χ0) is 13.4. The van der Waals surface area contributed by atoms with E-state index in [1.165, 1.54) is 5.56 Å². The van der Waals surface area contributed by atoms with Crippen LogP contribution in [0.5, 0.6) is 0 Å². The van der Waals surface area contributed by atoms with Crippen molar-refractivity contribution < 1.29 is 9.53 Å². The number of halogens is 1. The van der Waals surface area contributed by atoms with Gasteiger partial charge < -0.3 is 15.0 Å². The van der Waals surface area contributed by atoms with E-state index in [1.54, 1.807) is 11.9 Å². The van der Waals surface area contributed by atoms with Gasteiger partial charge in [-0.05, 0) is 30.0 Å². The summed E-state index contributed by atoms with van der Waals surface area (Å²) in [6.45, 7) is 1.51. The van der Waals surface area contributed by atoms with Crippen LogP contribution in [0.3, 0.4) is 0 Å². The van der Waals surface area contributed by atoms with Gasteiger partial charge in [0.05, 0.1) is 10.9 Å². The van der Waals surface area contributed by atoms with Gasteiger partial charge in [-0.2, -0.15) is 0 Å². The summed E-state index contributed by atoms with van der Waals surface area (Å²) in [7, 11) is 1.80. The Bertz CT molecular complexity index is 500. The molecular formula is C14H17BrN2O2. The zero-order valence-corrected chi connectivity index (χ0v) is 12.4. The van der Waals surface area contributed by atoms with Gasteiger partial charge in [0, 0.05) is 25.9 Å². The maximum atomic E-state index is 11.6. The molecule has 4 nitrogen and oxygen atoms in total. The van der Waals surface area contributed by atoms with Gasteiger partial charge in [-0.1, -0.05) is 28.1 Å². The minimum Gasteiger partial charge on any atom is -0.377 e. The summed E-state index contributed by atoms with van der Waals surface area (Å²) in [6, 6.07) is 6.16. The molecule has 2 unspecified atom stereocenters. The number of fused-ring (bicyclic) bond motifs is 1. The van der Waals surface area contributed by atoms with Crippen molar-refractivity contribution in [1.82, 2.24) is 4.90 Å². The van der Waals surface area contributed by atoms with Crippen LogP contribution >= 0.6 is 15.9 Å². The normalized spacial score (nSPS) is 24.0. The van der Waals surface area contributed by atoms with Gasteiger partial charge in [0.25, 0.3) is 0 Å². The van der Waals surface area contributed by atoms with E-state index in [0.717, 1.165) is 30.7 Å². The lowest BCUT2D eigenvalue weighted by Crippen LogP contribution is -2.35. The number of rotatable bonds is 2. The van der Waals surface area contributed by atoms with Crippen LogP contribution in [0.15, 0.2) is 18.2 Å². The second kappa shape index (κ2) is 5.13. The van der Waals surface area contributed by atoms with Crippen molar-refractivity contribution in [2.45, 2.75) is 30.3 Å². The molecule has 2 heterocycles. The van der Waals surface area contributed by atoms with E-state index < -0.39 is 0 Å². The third-order valence-corrected chi connectivity index (χ3v) is 4.85. The Morgan fingerprint density at radius 1 is 1.53 bits per heavy atom. The van der Waals surface area contributed by atoms with Crippen LogP contribution in [0.4, 0.5) is 10.5 Å². The topological polar surface area (TPSA) is 41.6 Å². The number of carbonyl (C=O) groups is 1. The lowest BCUT2D eigenvalue weighted by Gasteiger charge is -2.27. The van der Waals surface area contributed by atoms with Gasteiger partial charge in [-0.25, -0.2) is 4.79 Å². The van der Waals surface area contributed by atoms with Gasteiger partial charge in [0.15, 0.2) is 0 Å². The molecule has 1 aromatic carbocycles. The van der Waals surface area contributed by atoms with Crippen molar-refractivity contribution in [3.63, 3.8) is 0 Å². The third kappa shape index (κ3) is 2.49. The fraction of sp³-hybridized carbons (Fsp3) is 0.500. The summed E-state index contributed by atoms with van der Waals surface area (Å²) < 4.78 is 5.72. The molecule has 102 valence electrons. The molecule has 19 heavy (non-hydrogen) atoms. The van der Waals surface area contributed by atoms with Crippen molar-refractivity contribution in [2.75, 3.05) is 19.0 Å². The van der Waals surface area contributed by atoms with Crippen LogP contribution in [-0.4, -0.2) is 30.7 Å². The molecule has 3 rings (SSSR count). The van der Waals surface area contributed by atoms with Gasteiger partial charge >= 0.3 is 6.03 Å². The standard InChI is InChI=1S/C14H17BrN2O2/c1-17-8-10-7-9(4-5-11(10)16-14(17)18)13(15)12-3-2-6-19-12/h4-5,7,12-13H,2-3,6,8H2,1H3,(H,16,18). The number of urea groups is 1. The molecule has 1 aromatic rings. The van der Waals surface area contributed by atoms with Gasteiger partial charge in [0.1, 0.15) is 0 Å². The first-order valence-corrected chi connectivity index (χ1v) is 7.47. The first-order valence-electron chi connectivity index (χ1n) is 6.56. The maximum absolute atomic E-state index is 11.6. The molecule has 2 atom stereocenters. The monoisotopic (exact) mass is 324 g/mol. The summed E-state index contributed by atoms with van der Waals surface area (Å²) in [5.41, 5.74) is 3.29. The van der Waals surface area contributed by atoms with Crippen LogP contribution in [0.2, 0.25) is 0 Å². The van der Waals surface area contributed by atoms with Crippen LogP contribution in [0.25, 0.3) is 0 Å². The summed E-state index contributed by atoms with van der Waals surface area (Å²) in [4.78, 5) is 13.5. The van der Waals surface area contributed by atoms with Gasteiger partial charge in [0.2, 0.25) is 0 Å². The van der Waals surface area contributed by atoms with E-state index >= 15 is 0 Å². The summed E-state index contributed by atoms with van der Waals surface area (Å²) in [5.74, 6) is 0. The Balaban J connectivity index is 1.84. The van der Waals surface area contributed by atoms with Crippen molar-refractivity contribution in [2.24, 2.45) is 0 Å². The third-order valence-electron chi connectivity index (χ3n) is 3.73. The Morgan fingerprint density at radius 2 is 2.37 bits per heavy atom. The number of nitrogens with zero attached hydrogens (tertiary/aromatic N) is 1. The first-order chi connectivity index (χ1) is 9.15. The van der Waals surface area contributed by atoms with Crippen LogP contribution < -0.4 is 5.32 Å². The fourth-order valence-electron chi connectivity index (χ4n) is 2.62. The van der Waals surface area contributed by atoms with E-state index in [-0.39, 0.29) is 17.0 Å². The first kappa shape index (κ1) is 12.9. The lowest BCUT2D eigenvalue weighted by atomic mass is 10.0. The van der Waals surface area contributed by atoms with E-state index in [9.17, 15) is 4.79 Å². The van der Waals surface area contributed by atoms with E-state index in [0.29, 0.717) is 6.54 Å². The minimum atomic E-state index is -0.0465. The van der Waals surface area contributed by atoms with E-state index in [4.69, 9.17) is 4.74 Å². The molecule has 2 aliphatic rings. The number of anilines is 1. The number of amides is 2. The highest BCUT2D eigenvalue weighted by molar-refractivity contribution is 9.09. The van der Waals surface area contributed by atoms with Crippen molar-refractivity contribution in [3.05, 3.63) is 29.3 Å². The summed E-state index contributed by atoms with van der Waals surface area (Å²) in [5, 5.41) is 2.89. The molecule has 1 saturated heterocycles. The Hall–Kier alpha value is -1.07. The van der Waals surface area contributed by atoms with Crippen LogP contribution in [-0.2, 0) is 11.3 Å². The molecule has 0 bridgehead atoms. The molecule has 1 N–H and O–H groups in total. The smallest absolute Gasteiger partial charge is 0.321 e. The van der Waals surface area contributed by atoms with Crippen molar-refractivity contribution >= 4 is 27.6 Å². The number of alkyl halides is 1. The molecule has 0 aliphatic carbocycles. The fourth-order valence-corrected chi connectivity index (χ4v) is 3.33. The van der Waals surface area contributed by atoms with Gasteiger partial charge in [-0.15, -0.1) is 0 Å². The average Bonchev–Trinajstić information content (AvgIpc) is 2.93. The highest BCUT2D eigenvalue weighted by Crippen LogP contribution is 2.36. The predicted octanol–water partition coefficient (Wildman–Crippen LogP) is 3.28. The van der Waals surface area contributed by atoms with Crippen LogP contribution in [0, 0.1) is 0 Å². The van der Waals surface area contributed by atoms with Crippen LogP contribution in [0.1, 0.15) is 28.8 Å². The SMILES string of the molecule is CN1Cc2cc(C(Br)C3CCCO3)ccc2NC1=O. The molecule has 0 aromatic heterocycles. The van der Waals surface area contributed by atoms with E-state index in [2.05, 4.69) is 33.4 Å². The molecule has 5 heteroatoms. The maximum Gasteiger partial charge on any atom is 0.321 e. The summed E-state index contributed by atoms with van der Waals surface area (Å²) in [6.07, 6.45) is 2.49. The lowest BCUT2D eigenvalue weighted by molar-refractivity contribution is 0.110. The van der Waals surface area contributed by atoms with Gasteiger partial charge in [-0.3, -0.25) is 0 Å². The molecule has 2 amide bonds. The summed E-state index contributed by atoms with van der Waals surface area (Å²) >= 11 is 3.74. The highest BCUT2D eigenvalue weighted by Gasteiger charge is 2.27. The zero-order valence-electron chi connectivity index (χ0n) is 10.9. The quantitative estimate of drug-likeness (QED) is 0.848. The molecule has 2 aliphatic heterocycles. The number of hydrogen-bond acceptors (Lipinski definition) is 2. The molecule has 0 radical (unpaired) electrons. The average molecular weight is 325 g/mol. The Kier molecular flexibility index (Phi) is 3.50. The predicted molar refractivity (Wildman–Crippen MR) is 77.6 cm³/mol. The second-order valence-electron chi connectivity index (χ2n) is 5.16. The minimum absolute atomic E-state index is 0.0465. The number of ether oxygens (including phenoxy) is 1. The van der Waals surface area contributed by atoms with E-state index in [1.807, 2.05) is 6.07 Å². The number of benzene rings is 1. The number of carbonyl (C=O) groups excluding carboxylic acids is 1. The highest BCUT2D eigenvalue weighted by atomic mass is 79.9. The van der Waals surface area contributed by atoms with Crippen molar-refractivity contribution in [1.29, 1.82) is 0 Å². The largest absolute Gasteiger partial charge is 0.377 e. The molecule has 0 spiro atoms. The second-order valence-corrected chi connectivity index (χ2v) is 6.14. The number of nitrogens with one attached hydrogen (secondary N) is 1. The Labute approximate surface area is 121 Å². The molecule has 0 saturated carbocycles. The Morgan fingerprint density at radius 3 is 3.11 bits per heavy atom. The molecular weight excluding hydrogens is 308 g/mol. The van der Waals surface area contributed by atoms with Crippen molar-refractivity contribution in [3.8, 4) is 0 Å². The number of hydrogen-bond donors (Lipinski definition) is 1. The molecule has 1 fully saturated rings.